The van der Waals surface area contributed by atoms with Crippen LogP contribution in [0.15, 0.2) is 33.7 Å². The molecule has 9 heteroatoms. The highest BCUT2D eigenvalue weighted by Crippen LogP contribution is 2.15. The summed E-state index contributed by atoms with van der Waals surface area (Å²) >= 11 is 0. The molecule has 0 fully saturated rings. The smallest absolute Gasteiger partial charge is 0.266 e. The average Bonchev–Trinajstić information content (AvgIpc) is 2.99. The second-order valence-corrected chi connectivity index (χ2v) is 6.54. The first-order valence-corrected chi connectivity index (χ1v) is 8.50. The molecular weight excluding hydrogens is 350 g/mol. The number of primary amides is 1. The monoisotopic (exact) mass is 373 g/mol. The van der Waals surface area contributed by atoms with Gasteiger partial charge in [0, 0.05) is 0 Å². The number of nitrogens with two attached hydrogens (primary N) is 2. The van der Waals surface area contributed by atoms with Crippen LogP contribution in [0.3, 0.4) is 0 Å². The van der Waals surface area contributed by atoms with Crippen LogP contribution in [0, 0.1) is 0 Å². The average molecular weight is 373 g/mol. The molecule has 0 aliphatic carbocycles. The molecule has 9 nitrogen and oxygen atoms in total. The Morgan fingerprint density at radius 1 is 1.26 bits per heavy atom. The lowest BCUT2D eigenvalue weighted by molar-refractivity contribution is -0.127. The summed E-state index contributed by atoms with van der Waals surface area (Å²) in [4.78, 5) is 44.2. The third-order valence-electron chi connectivity index (χ3n) is 3.82. The molecular formula is C18H23N5O4. The van der Waals surface area contributed by atoms with E-state index in [0.29, 0.717) is 24.1 Å². The zero-order valence-corrected chi connectivity index (χ0v) is 15.3. The molecule has 5 N–H and O–H groups in total. The Morgan fingerprint density at radius 2 is 1.96 bits per heavy atom. The molecule has 0 spiro atoms. The number of aromatic nitrogens is 1. The summed E-state index contributed by atoms with van der Waals surface area (Å²) in [5, 5.41) is 2.48. The Labute approximate surface area is 156 Å². The molecule has 0 aliphatic rings. The molecule has 0 atom stereocenters. The highest BCUT2D eigenvalue weighted by Gasteiger charge is 2.29. The van der Waals surface area contributed by atoms with Gasteiger partial charge in [-0.2, -0.15) is 0 Å². The van der Waals surface area contributed by atoms with Crippen molar-refractivity contribution in [2.24, 2.45) is 16.5 Å². The Kier molecular flexibility index (Phi) is 6.40. The molecule has 2 aromatic rings. The highest BCUT2D eigenvalue weighted by molar-refractivity contribution is 6.40. The van der Waals surface area contributed by atoms with Crippen LogP contribution in [0.2, 0.25) is 0 Å². The number of hydrogen-bond donors (Lipinski definition) is 3. The van der Waals surface area contributed by atoms with Crippen LogP contribution in [0.5, 0.6) is 0 Å². The van der Waals surface area contributed by atoms with Crippen molar-refractivity contribution in [3.05, 3.63) is 30.2 Å². The SMILES string of the molecule is CC(C)(NC(=O)/C(CCCN)=N/C(=O)Cc1nc2ccccc2o1)C(N)=O. The Morgan fingerprint density at radius 3 is 2.59 bits per heavy atom. The van der Waals surface area contributed by atoms with Crippen molar-refractivity contribution >= 4 is 34.5 Å². The van der Waals surface area contributed by atoms with Crippen LogP contribution in [0.25, 0.3) is 11.1 Å². The second-order valence-electron chi connectivity index (χ2n) is 6.54. The molecule has 27 heavy (non-hydrogen) atoms. The van der Waals surface area contributed by atoms with Crippen molar-refractivity contribution in [2.75, 3.05) is 6.54 Å². The zero-order valence-electron chi connectivity index (χ0n) is 15.3. The van der Waals surface area contributed by atoms with Gasteiger partial charge in [0.15, 0.2) is 5.58 Å². The van der Waals surface area contributed by atoms with Crippen molar-refractivity contribution in [1.29, 1.82) is 0 Å². The first-order chi connectivity index (χ1) is 12.7. The number of amides is 3. The van der Waals surface area contributed by atoms with Crippen molar-refractivity contribution in [2.45, 2.75) is 38.6 Å². The minimum Gasteiger partial charge on any atom is -0.440 e. The van der Waals surface area contributed by atoms with Gasteiger partial charge in [-0.25, -0.2) is 9.98 Å². The molecule has 0 unspecified atom stereocenters. The quantitative estimate of drug-likeness (QED) is 0.571. The molecule has 0 saturated carbocycles. The number of oxazole rings is 1. The van der Waals surface area contributed by atoms with E-state index in [1.54, 1.807) is 18.2 Å². The molecule has 1 heterocycles. The number of para-hydroxylation sites is 2. The van der Waals surface area contributed by atoms with Gasteiger partial charge in [-0.15, -0.1) is 0 Å². The van der Waals surface area contributed by atoms with Crippen LogP contribution in [-0.2, 0) is 20.8 Å². The van der Waals surface area contributed by atoms with E-state index in [1.165, 1.54) is 13.8 Å². The summed E-state index contributed by atoms with van der Waals surface area (Å²) in [7, 11) is 0. The van der Waals surface area contributed by atoms with Crippen LogP contribution >= 0.6 is 0 Å². The van der Waals surface area contributed by atoms with E-state index in [2.05, 4.69) is 15.3 Å². The highest BCUT2D eigenvalue weighted by atomic mass is 16.3. The van der Waals surface area contributed by atoms with Gasteiger partial charge in [0.2, 0.25) is 11.8 Å². The van der Waals surface area contributed by atoms with Gasteiger partial charge in [-0.3, -0.25) is 14.4 Å². The maximum Gasteiger partial charge on any atom is 0.266 e. The number of hydrogen-bond acceptors (Lipinski definition) is 6. The molecule has 0 saturated heterocycles. The van der Waals surface area contributed by atoms with Crippen molar-refractivity contribution in [3.63, 3.8) is 0 Å². The van der Waals surface area contributed by atoms with Gasteiger partial charge < -0.3 is 21.2 Å². The van der Waals surface area contributed by atoms with E-state index in [1.807, 2.05) is 6.07 Å². The number of benzene rings is 1. The largest absolute Gasteiger partial charge is 0.440 e. The van der Waals surface area contributed by atoms with Gasteiger partial charge in [0.25, 0.3) is 11.8 Å². The van der Waals surface area contributed by atoms with Gasteiger partial charge in [0.1, 0.15) is 23.2 Å². The molecule has 0 bridgehead atoms. The topological polar surface area (TPSA) is 154 Å². The van der Waals surface area contributed by atoms with Gasteiger partial charge in [-0.1, -0.05) is 12.1 Å². The second kappa shape index (κ2) is 8.54. The fraction of sp³-hybridized carbons (Fsp3) is 0.389. The predicted octanol–water partition coefficient (Wildman–Crippen LogP) is 0.457. The van der Waals surface area contributed by atoms with E-state index >= 15 is 0 Å². The van der Waals surface area contributed by atoms with Crippen LogP contribution in [0.4, 0.5) is 0 Å². The lowest BCUT2D eigenvalue weighted by atomic mass is 10.0. The van der Waals surface area contributed by atoms with Crippen molar-refractivity contribution in [1.82, 2.24) is 10.3 Å². The fourth-order valence-electron chi connectivity index (χ4n) is 2.22. The standard InChI is InChI=1S/C18H23N5O4/c1-18(2,17(20)26)23-16(25)12(7-5-9-19)21-14(24)10-15-22-11-6-3-4-8-13(11)27-15/h3-4,6,8H,5,7,9-10,19H2,1-2H3,(H2,20,26)(H,23,25)/b21-12+. The summed E-state index contributed by atoms with van der Waals surface area (Å²) in [6.07, 6.45) is 0.462. The lowest BCUT2D eigenvalue weighted by Gasteiger charge is -2.22. The van der Waals surface area contributed by atoms with E-state index in [4.69, 9.17) is 15.9 Å². The zero-order chi connectivity index (χ0) is 20.0. The van der Waals surface area contributed by atoms with E-state index < -0.39 is 23.3 Å². The third-order valence-corrected chi connectivity index (χ3v) is 3.82. The van der Waals surface area contributed by atoms with Crippen molar-refractivity contribution < 1.29 is 18.8 Å². The number of nitrogens with one attached hydrogen (secondary N) is 1. The molecule has 0 radical (unpaired) electrons. The lowest BCUT2D eigenvalue weighted by Crippen LogP contribution is -2.54. The Balaban J connectivity index is 2.15. The summed E-state index contributed by atoms with van der Waals surface area (Å²) in [6, 6.07) is 7.12. The Hall–Kier alpha value is -3.07. The third kappa shape index (κ3) is 5.45. The maximum atomic E-state index is 12.4. The van der Waals surface area contributed by atoms with Crippen molar-refractivity contribution in [3.8, 4) is 0 Å². The van der Waals surface area contributed by atoms with E-state index in [9.17, 15) is 14.4 Å². The maximum absolute atomic E-state index is 12.4. The fourth-order valence-corrected chi connectivity index (χ4v) is 2.22. The number of rotatable bonds is 8. The van der Waals surface area contributed by atoms with E-state index in [-0.39, 0.29) is 24.4 Å². The molecule has 0 aliphatic heterocycles. The first-order valence-electron chi connectivity index (χ1n) is 8.50. The van der Waals surface area contributed by atoms with Crippen LogP contribution in [-0.4, -0.2) is 40.5 Å². The molecule has 2 rings (SSSR count). The molecule has 1 aromatic carbocycles. The van der Waals surface area contributed by atoms with Gasteiger partial charge in [0.05, 0.1) is 0 Å². The Bertz CT molecular complexity index is 852. The van der Waals surface area contributed by atoms with E-state index in [0.717, 1.165) is 0 Å². The minimum atomic E-state index is -1.27. The summed E-state index contributed by atoms with van der Waals surface area (Å²) < 4.78 is 5.49. The summed E-state index contributed by atoms with van der Waals surface area (Å²) in [6.45, 7) is 3.26. The van der Waals surface area contributed by atoms with Crippen LogP contribution < -0.4 is 16.8 Å². The first kappa shape index (κ1) is 20.2. The summed E-state index contributed by atoms with van der Waals surface area (Å²) in [5.41, 5.74) is 10.6. The number of nitrogens with zero attached hydrogens (tertiary/aromatic N) is 2. The molecule has 3 amide bonds. The number of aliphatic imine (C=N–C) groups is 1. The van der Waals surface area contributed by atoms with Gasteiger partial charge in [-0.05, 0) is 45.4 Å². The number of carbonyl (C=O) groups excluding carboxylic acids is 3. The predicted molar refractivity (Wildman–Crippen MR) is 99.9 cm³/mol. The van der Waals surface area contributed by atoms with Crippen LogP contribution in [0.1, 0.15) is 32.6 Å². The number of fused-ring (bicyclic) bond motifs is 1. The molecule has 1 aromatic heterocycles. The molecule has 144 valence electrons. The minimum absolute atomic E-state index is 0.0177. The number of carbonyl (C=O) groups is 3. The summed E-state index contributed by atoms with van der Waals surface area (Å²) in [5.74, 6) is -1.72. The van der Waals surface area contributed by atoms with Gasteiger partial charge >= 0.3 is 0 Å². The normalized spacial score (nSPS) is 12.2.